The zero-order valence-electron chi connectivity index (χ0n) is 10.1. The molecule has 0 atom stereocenters. The Hall–Kier alpha value is -1.15. The van der Waals surface area contributed by atoms with E-state index in [9.17, 15) is 4.79 Å². The van der Waals surface area contributed by atoms with Gasteiger partial charge in [0.25, 0.3) is 0 Å². The van der Waals surface area contributed by atoms with Gasteiger partial charge in [-0.2, -0.15) is 0 Å². The topological polar surface area (TPSA) is 29.1 Å². The molecule has 0 aliphatic rings. The summed E-state index contributed by atoms with van der Waals surface area (Å²) in [7, 11) is 1.91. The van der Waals surface area contributed by atoms with Crippen LogP contribution >= 0.6 is 0 Å². The minimum absolute atomic E-state index is 0.205. The van der Waals surface area contributed by atoms with Crippen molar-refractivity contribution >= 4 is 5.78 Å². The largest absolute Gasteiger partial charge is 0.316 e. The Morgan fingerprint density at radius 3 is 2.13 bits per heavy atom. The number of benzene rings is 1. The lowest BCUT2D eigenvalue weighted by molar-refractivity contribution is 0.0988. The average molecular weight is 207 g/mol. The van der Waals surface area contributed by atoms with Gasteiger partial charge in [0.15, 0.2) is 5.78 Å². The third kappa shape index (κ3) is 4.75. The first kappa shape index (κ1) is 13.8. The number of Topliss-reactive ketones (excluding diaryl/α,β-unsaturated/α-hetero) is 1. The minimum Gasteiger partial charge on any atom is -0.316 e. The van der Waals surface area contributed by atoms with Gasteiger partial charge >= 0.3 is 0 Å². The zero-order chi connectivity index (χ0) is 11.7. The Balaban J connectivity index is 0.000000921. The van der Waals surface area contributed by atoms with Crippen molar-refractivity contribution in [3.05, 3.63) is 35.4 Å². The van der Waals surface area contributed by atoms with Crippen LogP contribution in [0.25, 0.3) is 0 Å². The molecule has 0 heterocycles. The lowest BCUT2D eigenvalue weighted by atomic mass is 10.1. The van der Waals surface area contributed by atoms with E-state index in [-0.39, 0.29) is 5.78 Å². The molecular formula is C13H21NO. The molecule has 2 nitrogen and oxygen atoms in total. The van der Waals surface area contributed by atoms with Gasteiger partial charge in [0.05, 0.1) is 0 Å². The summed E-state index contributed by atoms with van der Waals surface area (Å²) in [5.41, 5.74) is 2.01. The smallest absolute Gasteiger partial charge is 0.162 e. The first-order chi connectivity index (χ1) is 7.27. The monoisotopic (exact) mass is 207 g/mol. The predicted molar refractivity (Wildman–Crippen MR) is 65.2 cm³/mol. The molecule has 0 unspecified atom stereocenters. The standard InChI is InChI=1S/C11H15NO.C2H6/c1-3-11(13)10-6-4-9(5-7-10)8-12-2;1-2/h4-7,12H,3,8H2,1-2H3;1-2H3. The van der Waals surface area contributed by atoms with Crippen LogP contribution in [0.15, 0.2) is 24.3 Å². The summed E-state index contributed by atoms with van der Waals surface area (Å²) in [5.74, 6) is 0.205. The number of carbonyl (C=O) groups excluding carboxylic acids is 1. The minimum atomic E-state index is 0.205. The van der Waals surface area contributed by atoms with Crippen molar-refractivity contribution in [2.45, 2.75) is 33.7 Å². The van der Waals surface area contributed by atoms with E-state index >= 15 is 0 Å². The van der Waals surface area contributed by atoms with E-state index in [0.717, 1.165) is 12.1 Å². The molecule has 0 bridgehead atoms. The van der Waals surface area contributed by atoms with Gasteiger partial charge in [0, 0.05) is 18.5 Å². The van der Waals surface area contributed by atoms with E-state index in [1.54, 1.807) is 0 Å². The second kappa shape index (κ2) is 8.18. The molecule has 1 aromatic rings. The zero-order valence-corrected chi connectivity index (χ0v) is 10.1. The van der Waals surface area contributed by atoms with Crippen molar-refractivity contribution in [3.63, 3.8) is 0 Å². The Morgan fingerprint density at radius 2 is 1.73 bits per heavy atom. The molecule has 1 rings (SSSR count). The van der Waals surface area contributed by atoms with Gasteiger partial charge in [-0.1, -0.05) is 45.0 Å². The Bertz CT molecular complexity index is 277. The molecule has 0 amide bonds. The summed E-state index contributed by atoms with van der Waals surface area (Å²) in [4.78, 5) is 11.3. The van der Waals surface area contributed by atoms with Crippen LogP contribution in [0.5, 0.6) is 0 Å². The fourth-order valence-corrected chi connectivity index (χ4v) is 1.22. The molecule has 15 heavy (non-hydrogen) atoms. The molecule has 0 saturated heterocycles. The van der Waals surface area contributed by atoms with Crippen LogP contribution in [-0.2, 0) is 6.54 Å². The van der Waals surface area contributed by atoms with Gasteiger partial charge in [0.1, 0.15) is 0 Å². The summed E-state index contributed by atoms with van der Waals surface area (Å²) < 4.78 is 0. The predicted octanol–water partition coefficient (Wildman–Crippen LogP) is 3.02. The van der Waals surface area contributed by atoms with Crippen LogP contribution in [-0.4, -0.2) is 12.8 Å². The lowest BCUT2D eigenvalue weighted by Gasteiger charge is -2.01. The fourth-order valence-electron chi connectivity index (χ4n) is 1.22. The van der Waals surface area contributed by atoms with E-state index in [1.807, 2.05) is 52.1 Å². The van der Waals surface area contributed by atoms with Crippen LogP contribution in [0.2, 0.25) is 0 Å². The summed E-state index contributed by atoms with van der Waals surface area (Å²) in [6.45, 7) is 6.73. The SMILES string of the molecule is CC.CCC(=O)c1ccc(CNC)cc1. The maximum atomic E-state index is 11.3. The van der Waals surface area contributed by atoms with E-state index in [0.29, 0.717) is 6.42 Å². The number of carbonyl (C=O) groups is 1. The summed E-state index contributed by atoms with van der Waals surface area (Å²) >= 11 is 0. The molecule has 0 spiro atoms. The first-order valence-electron chi connectivity index (χ1n) is 5.54. The number of nitrogens with one attached hydrogen (secondary N) is 1. The molecule has 2 heteroatoms. The highest BCUT2D eigenvalue weighted by Crippen LogP contribution is 2.06. The maximum absolute atomic E-state index is 11.3. The quantitative estimate of drug-likeness (QED) is 0.769. The van der Waals surface area contributed by atoms with E-state index < -0.39 is 0 Å². The molecular weight excluding hydrogens is 186 g/mol. The second-order valence-corrected chi connectivity index (χ2v) is 3.00. The van der Waals surface area contributed by atoms with Crippen molar-refractivity contribution in [2.75, 3.05) is 7.05 Å². The van der Waals surface area contributed by atoms with Gasteiger partial charge in [-0.25, -0.2) is 0 Å². The normalized spacial score (nSPS) is 9.07. The van der Waals surface area contributed by atoms with Gasteiger partial charge in [-0.3, -0.25) is 4.79 Å². The summed E-state index contributed by atoms with van der Waals surface area (Å²) in [6, 6.07) is 7.75. The van der Waals surface area contributed by atoms with Gasteiger partial charge in [0.2, 0.25) is 0 Å². The maximum Gasteiger partial charge on any atom is 0.162 e. The molecule has 84 valence electrons. The highest BCUT2D eigenvalue weighted by Gasteiger charge is 2.01. The number of hydrogen-bond acceptors (Lipinski definition) is 2. The van der Waals surface area contributed by atoms with Crippen molar-refractivity contribution in [2.24, 2.45) is 0 Å². The van der Waals surface area contributed by atoms with Crippen molar-refractivity contribution < 1.29 is 4.79 Å². The number of ketones is 1. The molecule has 0 aliphatic heterocycles. The Labute approximate surface area is 92.7 Å². The van der Waals surface area contributed by atoms with Crippen molar-refractivity contribution in [1.82, 2.24) is 5.32 Å². The molecule has 0 radical (unpaired) electrons. The van der Waals surface area contributed by atoms with Crippen molar-refractivity contribution in [1.29, 1.82) is 0 Å². The lowest BCUT2D eigenvalue weighted by Crippen LogP contribution is -2.05. The highest BCUT2D eigenvalue weighted by atomic mass is 16.1. The van der Waals surface area contributed by atoms with Crippen LogP contribution < -0.4 is 5.32 Å². The Kier molecular flexibility index (Phi) is 7.56. The van der Waals surface area contributed by atoms with E-state index in [2.05, 4.69) is 5.32 Å². The number of rotatable bonds is 4. The van der Waals surface area contributed by atoms with Crippen LogP contribution in [0, 0.1) is 0 Å². The molecule has 1 N–H and O–H groups in total. The molecule has 0 saturated carbocycles. The number of hydrogen-bond donors (Lipinski definition) is 1. The Morgan fingerprint density at radius 1 is 1.20 bits per heavy atom. The van der Waals surface area contributed by atoms with Gasteiger partial charge in [-0.15, -0.1) is 0 Å². The molecule has 0 aromatic heterocycles. The summed E-state index contributed by atoms with van der Waals surface area (Å²) in [6.07, 6.45) is 0.575. The third-order valence-corrected chi connectivity index (χ3v) is 1.98. The molecule has 0 fully saturated rings. The van der Waals surface area contributed by atoms with Crippen LogP contribution in [0.3, 0.4) is 0 Å². The first-order valence-corrected chi connectivity index (χ1v) is 5.54. The third-order valence-electron chi connectivity index (χ3n) is 1.98. The molecule has 0 aliphatic carbocycles. The van der Waals surface area contributed by atoms with Crippen LogP contribution in [0.4, 0.5) is 0 Å². The van der Waals surface area contributed by atoms with Gasteiger partial charge < -0.3 is 5.32 Å². The average Bonchev–Trinajstić information content (AvgIpc) is 2.32. The second-order valence-electron chi connectivity index (χ2n) is 3.00. The van der Waals surface area contributed by atoms with E-state index in [1.165, 1.54) is 5.56 Å². The molecule has 1 aromatic carbocycles. The summed E-state index contributed by atoms with van der Waals surface area (Å²) in [5, 5.41) is 3.06. The van der Waals surface area contributed by atoms with Gasteiger partial charge in [-0.05, 0) is 12.6 Å². The fraction of sp³-hybridized carbons (Fsp3) is 0.462. The van der Waals surface area contributed by atoms with Crippen molar-refractivity contribution in [3.8, 4) is 0 Å². The van der Waals surface area contributed by atoms with Crippen LogP contribution in [0.1, 0.15) is 43.1 Å². The van der Waals surface area contributed by atoms with E-state index in [4.69, 9.17) is 0 Å². The highest BCUT2D eigenvalue weighted by molar-refractivity contribution is 5.95.